The molecule has 10 nitrogen and oxygen atoms in total. The summed E-state index contributed by atoms with van der Waals surface area (Å²) < 4.78 is 27.9. The Balaban J connectivity index is 2.58. The maximum atomic E-state index is 12.4. The molecule has 0 amide bonds. The molecule has 24 heavy (non-hydrogen) atoms. The number of nitrogens with one attached hydrogen (secondary N) is 2. The molecule has 11 heteroatoms. The monoisotopic (exact) mass is 356 g/mol. The van der Waals surface area contributed by atoms with Crippen LogP contribution in [0.2, 0.25) is 0 Å². The number of rotatable bonds is 5. The number of aryl methyl sites for hydroxylation is 1. The predicted octanol–water partition coefficient (Wildman–Crippen LogP) is -0.991. The topological polar surface area (TPSA) is 151 Å². The summed E-state index contributed by atoms with van der Waals surface area (Å²) in [6, 6.07) is -0.286. The lowest BCUT2D eigenvalue weighted by Crippen LogP contribution is -2.44. The SMILES string of the molecule is CC(C)[C@H](NS(=O)(=O)c1cnc2c(c1)c(=O)[nH]c(=O)n2C)C(=O)O. The van der Waals surface area contributed by atoms with Crippen LogP contribution in [0.15, 0.2) is 26.7 Å². The summed E-state index contributed by atoms with van der Waals surface area (Å²) in [5.41, 5.74) is -1.45. The van der Waals surface area contributed by atoms with Crippen molar-refractivity contribution in [2.45, 2.75) is 24.8 Å². The lowest BCUT2D eigenvalue weighted by atomic mass is 10.1. The first kappa shape index (κ1) is 17.8. The molecule has 2 aromatic heterocycles. The zero-order valence-electron chi connectivity index (χ0n) is 13.1. The molecule has 2 heterocycles. The van der Waals surface area contributed by atoms with Crippen LogP contribution in [0.4, 0.5) is 0 Å². The molecule has 0 aliphatic rings. The van der Waals surface area contributed by atoms with Gasteiger partial charge in [-0.05, 0) is 12.0 Å². The summed E-state index contributed by atoms with van der Waals surface area (Å²) in [7, 11) is -2.84. The highest BCUT2D eigenvalue weighted by Gasteiger charge is 2.28. The Labute approximate surface area is 136 Å². The molecule has 0 spiro atoms. The van der Waals surface area contributed by atoms with E-state index in [2.05, 4.69) is 9.71 Å². The first-order valence-corrected chi connectivity index (χ1v) is 8.37. The molecule has 3 N–H and O–H groups in total. The van der Waals surface area contributed by atoms with E-state index in [-0.39, 0.29) is 15.9 Å². The normalized spacial score (nSPS) is 13.3. The molecule has 0 aliphatic carbocycles. The van der Waals surface area contributed by atoms with Crippen LogP contribution in [0.3, 0.4) is 0 Å². The number of aliphatic carboxylic acids is 1. The second-order valence-corrected chi connectivity index (χ2v) is 7.26. The molecule has 1 atom stereocenters. The van der Waals surface area contributed by atoms with Gasteiger partial charge in [0.2, 0.25) is 10.0 Å². The maximum Gasteiger partial charge on any atom is 0.329 e. The van der Waals surface area contributed by atoms with Gasteiger partial charge in [-0.2, -0.15) is 4.72 Å². The molecule has 0 saturated carbocycles. The molecule has 2 rings (SSSR count). The first-order chi connectivity index (χ1) is 11.0. The average molecular weight is 356 g/mol. The fraction of sp³-hybridized carbons (Fsp3) is 0.385. The van der Waals surface area contributed by atoms with E-state index >= 15 is 0 Å². The Kier molecular flexibility index (Phi) is 4.58. The van der Waals surface area contributed by atoms with Crippen molar-refractivity contribution in [3.8, 4) is 0 Å². The van der Waals surface area contributed by atoms with Crippen molar-refractivity contribution in [1.29, 1.82) is 0 Å². The van der Waals surface area contributed by atoms with E-state index < -0.39 is 39.2 Å². The van der Waals surface area contributed by atoms with E-state index in [1.54, 1.807) is 13.8 Å². The highest BCUT2D eigenvalue weighted by Crippen LogP contribution is 2.14. The van der Waals surface area contributed by atoms with Gasteiger partial charge in [-0.3, -0.25) is 19.1 Å². The van der Waals surface area contributed by atoms with Crippen LogP contribution in [0.5, 0.6) is 0 Å². The fourth-order valence-electron chi connectivity index (χ4n) is 2.07. The summed E-state index contributed by atoms with van der Waals surface area (Å²) >= 11 is 0. The van der Waals surface area contributed by atoms with Gasteiger partial charge in [0, 0.05) is 13.2 Å². The Morgan fingerprint density at radius 3 is 2.54 bits per heavy atom. The number of fused-ring (bicyclic) bond motifs is 1. The lowest BCUT2D eigenvalue weighted by molar-refractivity contribution is -0.140. The molecule has 0 unspecified atom stereocenters. The highest BCUT2D eigenvalue weighted by atomic mass is 32.2. The molecule has 0 radical (unpaired) electrons. The predicted molar refractivity (Wildman–Crippen MR) is 84.2 cm³/mol. The number of pyridine rings is 1. The summed E-state index contributed by atoms with van der Waals surface area (Å²) in [5.74, 6) is -1.81. The Hall–Kier alpha value is -2.53. The molecule has 2 aromatic rings. The number of H-pyrrole nitrogens is 1. The van der Waals surface area contributed by atoms with Gasteiger partial charge in [-0.1, -0.05) is 13.8 Å². The van der Waals surface area contributed by atoms with E-state index in [1.807, 2.05) is 4.98 Å². The van der Waals surface area contributed by atoms with Crippen molar-refractivity contribution in [2.24, 2.45) is 13.0 Å². The van der Waals surface area contributed by atoms with Crippen molar-refractivity contribution >= 4 is 27.0 Å². The summed E-state index contributed by atoms with van der Waals surface area (Å²) in [6.45, 7) is 3.11. The molecule has 130 valence electrons. The molecule has 0 saturated heterocycles. The van der Waals surface area contributed by atoms with Crippen LogP contribution in [0, 0.1) is 5.92 Å². The van der Waals surface area contributed by atoms with E-state index in [1.165, 1.54) is 7.05 Å². The number of carboxylic acids is 1. The average Bonchev–Trinajstić information content (AvgIpc) is 2.49. The summed E-state index contributed by atoms with van der Waals surface area (Å²) in [6.07, 6.45) is 0.961. The molecule has 0 aliphatic heterocycles. The van der Waals surface area contributed by atoms with Gasteiger partial charge in [-0.25, -0.2) is 18.2 Å². The third-order valence-electron chi connectivity index (χ3n) is 3.45. The summed E-state index contributed by atoms with van der Waals surface area (Å²) in [5, 5.41) is 9.00. The van der Waals surface area contributed by atoms with E-state index in [9.17, 15) is 22.8 Å². The van der Waals surface area contributed by atoms with Gasteiger partial charge in [0.25, 0.3) is 5.56 Å². The Morgan fingerprint density at radius 1 is 1.38 bits per heavy atom. The van der Waals surface area contributed by atoms with Gasteiger partial charge >= 0.3 is 11.7 Å². The third-order valence-corrected chi connectivity index (χ3v) is 4.86. The molecular weight excluding hydrogens is 340 g/mol. The lowest BCUT2D eigenvalue weighted by Gasteiger charge is -2.18. The van der Waals surface area contributed by atoms with Crippen LogP contribution < -0.4 is 16.0 Å². The minimum absolute atomic E-state index is 0.0151. The first-order valence-electron chi connectivity index (χ1n) is 6.89. The zero-order valence-corrected chi connectivity index (χ0v) is 13.9. The van der Waals surface area contributed by atoms with Gasteiger partial charge in [0.05, 0.1) is 5.39 Å². The quantitative estimate of drug-likeness (QED) is 0.622. The van der Waals surface area contributed by atoms with Crippen LogP contribution in [0.1, 0.15) is 13.8 Å². The smallest absolute Gasteiger partial charge is 0.329 e. The number of carbonyl (C=O) groups is 1. The number of carboxylic acid groups (broad SMARTS) is 1. The van der Waals surface area contributed by atoms with Crippen molar-refractivity contribution in [2.75, 3.05) is 0 Å². The van der Waals surface area contributed by atoms with E-state index in [0.29, 0.717) is 0 Å². The van der Waals surface area contributed by atoms with Crippen molar-refractivity contribution in [1.82, 2.24) is 19.3 Å². The largest absolute Gasteiger partial charge is 0.480 e. The molecular formula is C13H16N4O6S. The van der Waals surface area contributed by atoms with Gasteiger partial charge in [-0.15, -0.1) is 0 Å². The third kappa shape index (κ3) is 3.21. The van der Waals surface area contributed by atoms with E-state index in [0.717, 1.165) is 16.8 Å². The van der Waals surface area contributed by atoms with Crippen molar-refractivity contribution in [3.05, 3.63) is 33.1 Å². The standard InChI is InChI=1S/C13H16N4O6S/c1-6(2)9(12(19)20)16-24(22,23)7-4-8-10(14-5-7)17(3)13(21)15-11(8)18/h4-6,9,16H,1-3H3,(H,19,20)(H,15,18,21)/t9-/m0/s1. The number of sulfonamides is 1. The van der Waals surface area contributed by atoms with Crippen LogP contribution in [-0.4, -0.2) is 40.1 Å². The number of aromatic nitrogens is 3. The fourth-order valence-corrected chi connectivity index (χ4v) is 3.38. The zero-order chi connectivity index (χ0) is 18.2. The van der Waals surface area contributed by atoms with Crippen molar-refractivity contribution in [3.63, 3.8) is 0 Å². The minimum Gasteiger partial charge on any atom is -0.480 e. The second kappa shape index (κ2) is 6.17. The van der Waals surface area contributed by atoms with Gasteiger partial charge in [0.1, 0.15) is 16.6 Å². The Bertz CT molecular complexity index is 1020. The molecule has 0 aromatic carbocycles. The van der Waals surface area contributed by atoms with Crippen LogP contribution in [0.25, 0.3) is 11.0 Å². The number of nitrogens with zero attached hydrogens (tertiary/aromatic N) is 2. The summed E-state index contributed by atoms with van der Waals surface area (Å²) in [4.78, 5) is 40.0. The second-order valence-electron chi connectivity index (χ2n) is 5.54. The minimum atomic E-state index is -4.21. The maximum absolute atomic E-state index is 12.4. The van der Waals surface area contributed by atoms with Gasteiger partial charge in [0.15, 0.2) is 0 Å². The number of hydrogen-bond acceptors (Lipinski definition) is 6. The van der Waals surface area contributed by atoms with Crippen LogP contribution in [-0.2, 0) is 21.9 Å². The van der Waals surface area contributed by atoms with Crippen LogP contribution >= 0.6 is 0 Å². The van der Waals surface area contributed by atoms with Gasteiger partial charge < -0.3 is 5.11 Å². The van der Waals surface area contributed by atoms with E-state index in [4.69, 9.17) is 5.11 Å². The Morgan fingerprint density at radius 2 is 2.00 bits per heavy atom. The highest BCUT2D eigenvalue weighted by molar-refractivity contribution is 7.89. The van der Waals surface area contributed by atoms with Crippen molar-refractivity contribution < 1.29 is 18.3 Å². The molecule has 0 fully saturated rings. The number of aromatic amines is 1. The molecule has 0 bridgehead atoms. The number of hydrogen-bond donors (Lipinski definition) is 3.